The predicted molar refractivity (Wildman–Crippen MR) is 205 cm³/mol. The first-order valence-corrected chi connectivity index (χ1v) is 19.4. The molecule has 2 saturated heterocycles. The highest BCUT2D eigenvalue weighted by molar-refractivity contribution is 6.32. The first-order chi connectivity index (χ1) is 26.7. The topological polar surface area (TPSA) is 57.2 Å². The van der Waals surface area contributed by atoms with Crippen LogP contribution in [0.2, 0.25) is 10.0 Å². The second kappa shape index (κ2) is 18.1. The predicted octanol–water partition coefficient (Wildman–Crippen LogP) is 10.2. The number of piperidine rings is 2. The lowest BCUT2D eigenvalue weighted by molar-refractivity contribution is -0.138. The van der Waals surface area contributed by atoms with Gasteiger partial charge in [0.25, 0.3) is 0 Å². The third-order valence-corrected chi connectivity index (χ3v) is 10.7. The largest absolute Gasteiger partial charge is 0.492 e. The first-order valence-electron chi connectivity index (χ1n) is 18.7. The van der Waals surface area contributed by atoms with Crippen LogP contribution in [0, 0.1) is 0 Å². The van der Waals surface area contributed by atoms with Gasteiger partial charge in [0.05, 0.1) is 46.5 Å². The number of hydrazine groups is 1. The highest BCUT2D eigenvalue weighted by atomic mass is 35.5. The number of halogens is 8. The second-order valence-electron chi connectivity index (χ2n) is 13.9. The molecule has 0 atom stereocenters. The van der Waals surface area contributed by atoms with Crippen molar-refractivity contribution in [3.05, 3.63) is 105 Å². The number of rotatable bonds is 13. The summed E-state index contributed by atoms with van der Waals surface area (Å²) in [5.74, 6) is 0.964. The normalized spacial score (nSPS) is 16.5. The minimum Gasteiger partial charge on any atom is -0.492 e. The summed E-state index contributed by atoms with van der Waals surface area (Å²) in [6.45, 7) is 8.05. The summed E-state index contributed by atoms with van der Waals surface area (Å²) in [7, 11) is 0. The van der Waals surface area contributed by atoms with Gasteiger partial charge in [-0.2, -0.15) is 26.3 Å². The molecule has 2 aliphatic rings. The Hall–Kier alpha value is -3.98. The van der Waals surface area contributed by atoms with E-state index in [0.717, 1.165) is 29.5 Å². The zero-order valence-corrected chi connectivity index (χ0v) is 32.6. The van der Waals surface area contributed by atoms with Crippen molar-refractivity contribution >= 4 is 34.8 Å². The van der Waals surface area contributed by atoms with E-state index in [1.54, 1.807) is 22.2 Å². The Morgan fingerprint density at radius 1 is 0.679 bits per heavy atom. The van der Waals surface area contributed by atoms with E-state index in [4.69, 9.17) is 32.7 Å². The third-order valence-electron chi connectivity index (χ3n) is 10.1. The molecule has 2 fully saturated rings. The van der Waals surface area contributed by atoms with Crippen LogP contribution in [-0.4, -0.2) is 71.2 Å². The van der Waals surface area contributed by atoms with Crippen molar-refractivity contribution in [1.82, 2.24) is 19.8 Å². The highest BCUT2D eigenvalue weighted by Crippen LogP contribution is 2.41. The van der Waals surface area contributed by atoms with Gasteiger partial charge in [0.1, 0.15) is 17.3 Å². The minimum absolute atomic E-state index is 0.112. The van der Waals surface area contributed by atoms with Crippen LogP contribution in [0.25, 0.3) is 0 Å². The van der Waals surface area contributed by atoms with Gasteiger partial charge in [-0.25, -0.2) is 9.97 Å². The number of nitrogens with zero attached hydrogens (tertiary/aromatic N) is 6. The second-order valence-corrected chi connectivity index (χ2v) is 14.7. The van der Waals surface area contributed by atoms with Crippen molar-refractivity contribution in [2.45, 2.75) is 77.1 Å². The van der Waals surface area contributed by atoms with Crippen LogP contribution in [0.5, 0.6) is 11.5 Å². The van der Waals surface area contributed by atoms with Crippen molar-refractivity contribution in [3.63, 3.8) is 0 Å². The van der Waals surface area contributed by atoms with Gasteiger partial charge in [-0.15, -0.1) is 0 Å². The fourth-order valence-electron chi connectivity index (χ4n) is 7.40. The smallest absolute Gasteiger partial charge is 0.420 e. The number of aromatic nitrogens is 2. The van der Waals surface area contributed by atoms with Crippen molar-refractivity contribution in [2.75, 3.05) is 49.4 Å². The van der Waals surface area contributed by atoms with Gasteiger partial charge in [-0.3, -0.25) is 19.8 Å². The van der Waals surface area contributed by atoms with Crippen molar-refractivity contribution in [1.29, 1.82) is 0 Å². The highest BCUT2D eigenvalue weighted by Gasteiger charge is 2.42. The standard InChI is InChI=1S/C40H44Cl2F6N6O2/c1-3-55-35-22-27(7-10-33(35)41)25-51-18-13-30(14-19-51)53(37-12-9-29(24-50-37)39(43,44)45)54(38-32(40(46,47)48)6-5-17-49-38)31-15-20-52(21-16-31)26-28-8-11-34(42)36(23-28)56-4-2/h5-12,17,22-24,30-31H,3-4,13-16,18-21,25-26H2,1-2H3. The number of anilines is 2. The van der Waals surface area contributed by atoms with Crippen LogP contribution >= 0.6 is 23.2 Å². The molecule has 0 amide bonds. The van der Waals surface area contributed by atoms with Gasteiger partial charge in [0.15, 0.2) is 5.82 Å². The molecule has 56 heavy (non-hydrogen) atoms. The zero-order chi connectivity index (χ0) is 40.0. The number of benzene rings is 2. The maximum atomic E-state index is 14.8. The van der Waals surface area contributed by atoms with E-state index in [0.29, 0.717) is 99.7 Å². The van der Waals surface area contributed by atoms with E-state index in [2.05, 4.69) is 19.8 Å². The van der Waals surface area contributed by atoms with Crippen LogP contribution < -0.4 is 19.5 Å². The molecule has 0 N–H and O–H groups in total. The fraction of sp³-hybridized carbons (Fsp3) is 0.450. The summed E-state index contributed by atoms with van der Waals surface area (Å²) >= 11 is 12.6. The number of ether oxygens (including phenoxy) is 2. The molecular formula is C40H44Cl2F6N6O2. The average Bonchev–Trinajstić information content (AvgIpc) is 3.17. The molecule has 6 rings (SSSR count). The Bertz CT molecular complexity index is 1900. The lowest BCUT2D eigenvalue weighted by Crippen LogP contribution is -2.59. The Kier molecular flexibility index (Phi) is 13.4. The maximum Gasteiger partial charge on any atom is 0.420 e. The molecule has 302 valence electrons. The van der Waals surface area contributed by atoms with Crippen LogP contribution in [0.15, 0.2) is 73.1 Å². The summed E-state index contributed by atoms with van der Waals surface area (Å²) in [4.78, 5) is 13.0. The summed E-state index contributed by atoms with van der Waals surface area (Å²) in [5.41, 5.74) is 0.0808. The Balaban J connectivity index is 1.31. The van der Waals surface area contributed by atoms with E-state index in [1.165, 1.54) is 18.3 Å². The molecular weight excluding hydrogens is 781 g/mol. The molecule has 16 heteroatoms. The van der Waals surface area contributed by atoms with E-state index >= 15 is 0 Å². The monoisotopic (exact) mass is 824 g/mol. The van der Waals surface area contributed by atoms with E-state index in [1.807, 2.05) is 38.1 Å². The molecule has 0 saturated carbocycles. The van der Waals surface area contributed by atoms with Gasteiger partial charge in [-0.1, -0.05) is 35.3 Å². The maximum absolute atomic E-state index is 14.8. The summed E-state index contributed by atoms with van der Waals surface area (Å²) in [6.07, 6.45) is -5.45. The molecule has 0 bridgehead atoms. The lowest BCUT2D eigenvalue weighted by Gasteiger charge is -2.50. The SMILES string of the molecule is CCOc1cc(CN2CCC(N(c3ccc(C(F)(F)F)cn3)N(c3ncccc3C(F)(F)F)C3CCN(Cc4ccc(Cl)c(OCC)c4)CC3)CC2)ccc1Cl. The minimum atomic E-state index is -4.75. The summed E-state index contributed by atoms with van der Waals surface area (Å²) in [5, 5.41) is 4.26. The first kappa shape index (κ1) is 41.6. The Morgan fingerprint density at radius 3 is 1.64 bits per heavy atom. The molecule has 0 unspecified atom stereocenters. The Labute approximate surface area is 332 Å². The molecule has 0 radical (unpaired) electrons. The van der Waals surface area contributed by atoms with Crippen LogP contribution in [0.4, 0.5) is 38.0 Å². The molecule has 2 aromatic carbocycles. The molecule has 4 aromatic rings. The van der Waals surface area contributed by atoms with Crippen LogP contribution in [0.3, 0.4) is 0 Å². The molecule has 4 heterocycles. The zero-order valence-electron chi connectivity index (χ0n) is 31.1. The van der Waals surface area contributed by atoms with Crippen molar-refractivity contribution in [2.24, 2.45) is 0 Å². The summed E-state index contributed by atoms with van der Waals surface area (Å²) in [6, 6.07) is 14.7. The van der Waals surface area contributed by atoms with Gasteiger partial charge < -0.3 is 9.47 Å². The van der Waals surface area contributed by atoms with Gasteiger partial charge in [0, 0.05) is 51.7 Å². The number of alkyl halides is 6. The Morgan fingerprint density at radius 2 is 1.20 bits per heavy atom. The van der Waals surface area contributed by atoms with Crippen LogP contribution in [0.1, 0.15) is 61.8 Å². The van der Waals surface area contributed by atoms with E-state index < -0.39 is 35.6 Å². The summed E-state index contributed by atoms with van der Waals surface area (Å²) < 4.78 is 96.8. The fourth-order valence-corrected chi connectivity index (χ4v) is 7.74. The number of hydrogen-bond acceptors (Lipinski definition) is 8. The van der Waals surface area contributed by atoms with Crippen molar-refractivity contribution < 1.29 is 35.8 Å². The molecule has 2 aliphatic heterocycles. The third kappa shape index (κ3) is 10.1. The molecule has 0 aliphatic carbocycles. The molecule has 8 nitrogen and oxygen atoms in total. The number of likely N-dealkylation sites (tertiary alicyclic amines) is 2. The number of pyridine rings is 2. The van der Waals surface area contributed by atoms with Gasteiger partial charge in [-0.05, 0) is 99.2 Å². The van der Waals surface area contributed by atoms with E-state index in [-0.39, 0.29) is 11.6 Å². The quantitative estimate of drug-likeness (QED) is 0.0976. The average molecular weight is 826 g/mol. The van der Waals surface area contributed by atoms with Gasteiger partial charge in [0.2, 0.25) is 0 Å². The van der Waals surface area contributed by atoms with Crippen LogP contribution in [-0.2, 0) is 25.4 Å². The van der Waals surface area contributed by atoms with E-state index in [9.17, 15) is 26.3 Å². The van der Waals surface area contributed by atoms with Crippen molar-refractivity contribution in [3.8, 4) is 11.5 Å². The molecule has 2 aromatic heterocycles. The lowest BCUT2D eigenvalue weighted by atomic mass is 10.00. The van der Waals surface area contributed by atoms with Gasteiger partial charge >= 0.3 is 12.4 Å². The molecule has 0 spiro atoms. The number of hydrogen-bond donors (Lipinski definition) is 0.